The van der Waals surface area contributed by atoms with Crippen molar-refractivity contribution in [2.45, 2.75) is 13.5 Å². The van der Waals surface area contributed by atoms with E-state index in [-0.39, 0.29) is 5.97 Å². The van der Waals surface area contributed by atoms with Gasteiger partial charge >= 0.3 is 5.97 Å². The SMILES string of the molecule is COC(=O)c1cccc(NCc2ccc(Br)c(C)c2)c1. The quantitative estimate of drug-likeness (QED) is 0.854. The molecule has 104 valence electrons. The van der Waals surface area contributed by atoms with E-state index in [0.29, 0.717) is 12.1 Å². The number of halogens is 1. The van der Waals surface area contributed by atoms with Crippen LogP contribution in [0.1, 0.15) is 21.5 Å². The Morgan fingerprint density at radius 2 is 2.05 bits per heavy atom. The summed E-state index contributed by atoms with van der Waals surface area (Å²) in [7, 11) is 1.38. The summed E-state index contributed by atoms with van der Waals surface area (Å²) in [5.41, 5.74) is 3.83. The number of hydrogen-bond donors (Lipinski definition) is 1. The number of benzene rings is 2. The third-order valence-electron chi connectivity index (χ3n) is 3.00. The van der Waals surface area contributed by atoms with Gasteiger partial charge in [-0.3, -0.25) is 0 Å². The zero-order chi connectivity index (χ0) is 14.5. The molecule has 2 rings (SSSR count). The van der Waals surface area contributed by atoms with Crippen molar-refractivity contribution in [3.05, 3.63) is 63.6 Å². The van der Waals surface area contributed by atoms with Crippen molar-refractivity contribution in [2.24, 2.45) is 0 Å². The topological polar surface area (TPSA) is 38.3 Å². The first-order chi connectivity index (χ1) is 9.60. The number of methoxy groups -OCH3 is 1. The molecule has 0 heterocycles. The average molecular weight is 334 g/mol. The van der Waals surface area contributed by atoms with E-state index in [0.717, 1.165) is 10.2 Å². The zero-order valence-corrected chi connectivity index (χ0v) is 13.0. The predicted molar refractivity (Wildman–Crippen MR) is 84.0 cm³/mol. The van der Waals surface area contributed by atoms with Crippen LogP contribution in [-0.4, -0.2) is 13.1 Å². The van der Waals surface area contributed by atoms with E-state index in [1.807, 2.05) is 18.2 Å². The Morgan fingerprint density at radius 1 is 1.25 bits per heavy atom. The summed E-state index contributed by atoms with van der Waals surface area (Å²) in [5.74, 6) is -0.326. The second-order valence-electron chi connectivity index (χ2n) is 4.51. The van der Waals surface area contributed by atoms with Crippen LogP contribution >= 0.6 is 15.9 Å². The third kappa shape index (κ3) is 3.61. The van der Waals surface area contributed by atoms with Gasteiger partial charge in [0.05, 0.1) is 12.7 Å². The first-order valence-corrected chi connectivity index (χ1v) is 7.06. The van der Waals surface area contributed by atoms with Crippen molar-refractivity contribution >= 4 is 27.6 Å². The molecule has 3 nitrogen and oxygen atoms in total. The number of anilines is 1. The van der Waals surface area contributed by atoms with E-state index in [4.69, 9.17) is 4.74 Å². The number of nitrogens with one attached hydrogen (secondary N) is 1. The van der Waals surface area contributed by atoms with Crippen LogP contribution in [0.15, 0.2) is 46.9 Å². The van der Waals surface area contributed by atoms with E-state index in [1.165, 1.54) is 18.2 Å². The van der Waals surface area contributed by atoms with Crippen molar-refractivity contribution in [3.63, 3.8) is 0 Å². The Balaban J connectivity index is 2.07. The smallest absolute Gasteiger partial charge is 0.337 e. The molecule has 4 heteroatoms. The number of rotatable bonds is 4. The average Bonchev–Trinajstić information content (AvgIpc) is 2.48. The summed E-state index contributed by atoms with van der Waals surface area (Å²) in [6, 6.07) is 13.5. The van der Waals surface area contributed by atoms with Crippen LogP contribution in [0.25, 0.3) is 0 Å². The highest BCUT2D eigenvalue weighted by Crippen LogP contribution is 2.18. The molecule has 0 amide bonds. The standard InChI is InChI=1S/C16H16BrNO2/c1-11-8-12(6-7-15(11)17)10-18-14-5-3-4-13(9-14)16(19)20-2/h3-9,18H,10H2,1-2H3. The van der Waals surface area contributed by atoms with Gasteiger partial charge in [0, 0.05) is 16.7 Å². The molecule has 2 aromatic rings. The van der Waals surface area contributed by atoms with Gasteiger partial charge in [0.25, 0.3) is 0 Å². The summed E-state index contributed by atoms with van der Waals surface area (Å²) < 4.78 is 5.82. The normalized spacial score (nSPS) is 10.2. The lowest BCUT2D eigenvalue weighted by Crippen LogP contribution is -2.04. The molecule has 0 fully saturated rings. The first-order valence-electron chi connectivity index (χ1n) is 6.27. The Morgan fingerprint density at radius 3 is 2.75 bits per heavy atom. The Kier molecular flexibility index (Phi) is 4.79. The molecule has 0 spiro atoms. The highest BCUT2D eigenvalue weighted by molar-refractivity contribution is 9.10. The maximum absolute atomic E-state index is 11.5. The summed E-state index contributed by atoms with van der Waals surface area (Å²) in [6.07, 6.45) is 0. The molecule has 0 unspecified atom stereocenters. The fourth-order valence-corrected chi connectivity index (χ4v) is 2.14. The number of aryl methyl sites for hydroxylation is 1. The van der Waals surface area contributed by atoms with Gasteiger partial charge in [-0.1, -0.05) is 34.1 Å². The number of carbonyl (C=O) groups excluding carboxylic acids is 1. The molecular formula is C16H16BrNO2. The summed E-state index contributed by atoms with van der Waals surface area (Å²) >= 11 is 3.49. The van der Waals surface area contributed by atoms with Gasteiger partial charge in [-0.2, -0.15) is 0 Å². The predicted octanol–water partition coefficient (Wildman–Crippen LogP) is 4.16. The molecule has 2 aromatic carbocycles. The van der Waals surface area contributed by atoms with E-state index < -0.39 is 0 Å². The van der Waals surface area contributed by atoms with E-state index in [9.17, 15) is 4.79 Å². The third-order valence-corrected chi connectivity index (χ3v) is 3.89. The minimum Gasteiger partial charge on any atom is -0.465 e. The monoisotopic (exact) mass is 333 g/mol. The summed E-state index contributed by atoms with van der Waals surface area (Å²) in [4.78, 5) is 11.5. The van der Waals surface area contributed by atoms with Crippen molar-refractivity contribution in [1.29, 1.82) is 0 Å². The fourth-order valence-electron chi connectivity index (χ4n) is 1.89. The van der Waals surface area contributed by atoms with Crippen LogP contribution in [0, 0.1) is 6.92 Å². The minimum absolute atomic E-state index is 0.326. The lowest BCUT2D eigenvalue weighted by Gasteiger charge is -2.09. The highest BCUT2D eigenvalue weighted by atomic mass is 79.9. The molecule has 20 heavy (non-hydrogen) atoms. The molecular weight excluding hydrogens is 318 g/mol. The summed E-state index contributed by atoms with van der Waals surface area (Å²) in [6.45, 7) is 2.77. The maximum Gasteiger partial charge on any atom is 0.337 e. The fraction of sp³-hybridized carbons (Fsp3) is 0.188. The van der Waals surface area contributed by atoms with Gasteiger partial charge < -0.3 is 10.1 Å². The second-order valence-corrected chi connectivity index (χ2v) is 5.36. The van der Waals surface area contributed by atoms with Crippen LogP contribution in [0.4, 0.5) is 5.69 Å². The van der Waals surface area contributed by atoms with Gasteiger partial charge in [-0.05, 0) is 42.3 Å². The molecule has 0 saturated heterocycles. The largest absolute Gasteiger partial charge is 0.465 e. The van der Waals surface area contributed by atoms with Crippen LogP contribution < -0.4 is 5.32 Å². The molecule has 0 aromatic heterocycles. The van der Waals surface area contributed by atoms with E-state index in [1.54, 1.807) is 12.1 Å². The molecule has 0 aliphatic heterocycles. The van der Waals surface area contributed by atoms with Crippen molar-refractivity contribution in [2.75, 3.05) is 12.4 Å². The lowest BCUT2D eigenvalue weighted by molar-refractivity contribution is 0.0601. The number of hydrogen-bond acceptors (Lipinski definition) is 3. The lowest BCUT2D eigenvalue weighted by atomic mass is 10.1. The van der Waals surface area contributed by atoms with Gasteiger partial charge in [-0.15, -0.1) is 0 Å². The Labute approximate surface area is 127 Å². The molecule has 0 aliphatic rings. The van der Waals surface area contributed by atoms with E-state index >= 15 is 0 Å². The minimum atomic E-state index is -0.326. The van der Waals surface area contributed by atoms with Crippen LogP contribution in [0.2, 0.25) is 0 Å². The summed E-state index contributed by atoms with van der Waals surface area (Å²) in [5, 5.41) is 3.30. The van der Waals surface area contributed by atoms with Gasteiger partial charge in [0.1, 0.15) is 0 Å². The molecule has 0 bridgehead atoms. The first kappa shape index (κ1) is 14.6. The molecule has 0 atom stereocenters. The van der Waals surface area contributed by atoms with Crippen molar-refractivity contribution < 1.29 is 9.53 Å². The van der Waals surface area contributed by atoms with Gasteiger partial charge in [0.15, 0.2) is 0 Å². The highest BCUT2D eigenvalue weighted by Gasteiger charge is 2.05. The van der Waals surface area contributed by atoms with Crippen LogP contribution in [0.3, 0.4) is 0 Å². The Hall–Kier alpha value is -1.81. The zero-order valence-electron chi connectivity index (χ0n) is 11.4. The van der Waals surface area contributed by atoms with Crippen LogP contribution in [0.5, 0.6) is 0 Å². The molecule has 0 aliphatic carbocycles. The number of ether oxygens (including phenoxy) is 1. The van der Waals surface area contributed by atoms with E-state index in [2.05, 4.69) is 40.3 Å². The molecule has 1 N–H and O–H groups in total. The van der Waals surface area contributed by atoms with Crippen LogP contribution in [-0.2, 0) is 11.3 Å². The second kappa shape index (κ2) is 6.57. The number of esters is 1. The van der Waals surface area contributed by atoms with Gasteiger partial charge in [-0.25, -0.2) is 4.79 Å². The molecule has 0 saturated carbocycles. The van der Waals surface area contributed by atoms with Crippen molar-refractivity contribution in [1.82, 2.24) is 0 Å². The van der Waals surface area contributed by atoms with Crippen molar-refractivity contribution in [3.8, 4) is 0 Å². The van der Waals surface area contributed by atoms with Gasteiger partial charge in [0.2, 0.25) is 0 Å². The molecule has 0 radical (unpaired) electrons. The Bertz CT molecular complexity index is 626. The maximum atomic E-state index is 11.5. The number of carbonyl (C=O) groups is 1.